The summed E-state index contributed by atoms with van der Waals surface area (Å²) in [7, 11) is 5.04. The van der Waals surface area contributed by atoms with Crippen LogP contribution in [0.25, 0.3) is 0 Å². The summed E-state index contributed by atoms with van der Waals surface area (Å²) < 4.78 is 39.8. The van der Waals surface area contributed by atoms with E-state index in [2.05, 4.69) is 9.97 Å². The van der Waals surface area contributed by atoms with Gasteiger partial charge in [-0.2, -0.15) is 18.2 Å². The largest absolute Gasteiger partial charge is 0.481 e. The van der Waals surface area contributed by atoms with Gasteiger partial charge in [0.25, 0.3) is 0 Å². The first kappa shape index (κ1) is 19.7. The lowest BCUT2D eigenvalue weighted by atomic mass is 9.68. The van der Waals surface area contributed by atoms with Crippen molar-refractivity contribution in [2.24, 2.45) is 5.41 Å². The van der Waals surface area contributed by atoms with Crippen LogP contribution in [0.1, 0.15) is 25.0 Å². The van der Waals surface area contributed by atoms with Crippen LogP contribution < -0.4 is 9.80 Å². The summed E-state index contributed by atoms with van der Waals surface area (Å²) in [5.41, 5.74) is -1.85. The van der Waals surface area contributed by atoms with Crippen molar-refractivity contribution in [2.75, 3.05) is 50.6 Å². The van der Waals surface area contributed by atoms with Gasteiger partial charge < -0.3 is 19.8 Å². The maximum atomic E-state index is 13.3. The summed E-state index contributed by atoms with van der Waals surface area (Å²) in [6.45, 7) is 1.44. The van der Waals surface area contributed by atoms with Gasteiger partial charge in [0.1, 0.15) is 5.82 Å². The number of likely N-dealkylation sites (tertiary alicyclic amines) is 1. The smallest absolute Gasteiger partial charge is 0.433 e. The van der Waals surface area contributed by atoms with Crippen LogP contribution in [-0.2, 0) is 11.0 Å². The van der Waals surface area contributed by atoms with E-state index in [1.165, 1.54) is 4.90 Å². The minimum atomic E-state index is -4.58. The molecule has 2 aliphatic rings. The van der Waals surface area contributed by atoms with Gasteiger partial charge in [-0.1, -0.05) is 0 Å². The first-order valence-electron chi connectivity index (χ1n) is 8.87. The predicted molar refractivity (Wildman–Crippen MR) is 93.9 cm³/mol. The molecule has 2 saturated heterocycles. The van der Waals surface area contributed by atoms with Crippen LogP contribution in [0, 0.1) is 5.41 Å². The number of likely N-dealkylation sites (N-methyl/N-ethyl adjacent to an activating group) is 1. The van der Waals surface area contributed by atoms with Gasteiger partial charge in [-0.25, -0.2) is 4.98 Å². The maximum absolute atomic E-state index is 13.3. The number of hydrogen-bond acceptors (Lipinski definition) is 6. The van der Waals surface area contributed by atoms with E-state index in [0.717, 1.165) is 19.0 Å². The van der Waals surface area contributed by atoms with Crippen molar-refractivity contribution in [3.05, 3.63) is 11.8 Å². The molecule has 1 N–H and O–H groups in total. The summed E-state index contributed by atoms with van der Waals surface area (Å²) in [4.78, 5) is 25.1. The van der Waals surface area contributed by atoms with Gasteiger partial charge in [-0.05, 0) is 32.9 Å². The molecule has 3 rings (SSSR count). The zero-order chi connectivity index (χ0) is 20.0. The molecule has 2 aliphatic heterocycles. The topological polar surface area (TPSA) is 72.8 Å². The van der Waals surface area contributed by atoms with Crippen LogP contribution in [0.15, 0.2) is 6.07 Å². The van der Waals surface area contributed by atoms with Gasteiger partial charge in [0, 0.05) is 39.3 Å². The van der Waals surface area contributed by atoms with Crippen molar-refractivity contribution < 1.29 is 23.1 Å². The highest BCUT2D eigenvalue weighted by Gasteiger charge is 2.52. The average Bonchev–Trinajstić information content (AvgIpc) is 2.60. The van der Waals surface area contributed by atoms with Crippen molar-refractivity contribution in [1.29, 1.82) is 0 Å². The van der Waals surface area contributed by atoms with E-state index in [1.807, 2.05) is 11.9 Å². The third-order valence-electron chi connectivity index (χ3n) is 5.67. The number of fused-ring (bicyclic) bond motifs is 1. The number of carbonyl (C=O) groups is 1. The number of carboxylic acid groups (broad SMARTS) is 1. The monoisotopic (exact) mass is 387 g/mol. The molecule has 150 valence electrons. The Bertz CT molecular complexity index is 727. The number of aliphatic carboxylic acids is 1. The standard InChI is InChI=1S/C17H24F3N5O2/c1-23(2)15-21-11(17(18,19)20)9-13(22-15)25-8-6-16(14(26)27)5-4-7-24(3)12(16)10-25/h9,12H,4-8,10H2,1-3H3,(H,26,27)/t12-,16+/m1/s1. The minimum Gasteiger partial charge on any atom is -0.481 e. The van der Waals surface area contributed by atoms with E-state index in [4.69, 9.17) is 0 Å². The Kier molecular flexibility index (Phi) is 4.96. The Hall–Kier alpha value is -2.10. The van der Waals surface area contributed by atoms with Crippen LogP contribution in [0.5, 0.6) is 0 Å². The van der Waals surface area contributed by atoms with Crippen molar-refractivity contribution in [2.45, 2.75) is 31.5 Å². The molecule has 0 aliphatic carbocycles. The summed E-state index contributed by atoms with van der Waals surface area (Å²) in [5, 5.41) is 9.84. The number of piperidine rings is 2. The second kappa shape index (κ2) is 6.81. The molecule has 0 bridgehead atoms. The summed E-state index contributed by atoms with van der Waals surface area (Å²) >= 11 is 0. The Balaban J connectivity index is 1.96. The van der Waals surface area contributed by atoms with Crippen LogP contribution in [0.3, 0.4) is 0 Å². The summed E-state index contributed by atoms with van der Waals surface area (Å²) in [6.07, 6.45) is -2.81. The molecule has 0 unspecified atom stereocenters. The average molecular weight is 387 g/mol. The number of carboxylic acids is 1. The molecule has 7 nitrogen and oxygen atoms in total. The fraction of sp³-hybridized carbons (Fsp3) is 0.706. The fourth-order valence-corrected chi connectivity index (χ4v) is 4.12. The summed E-state index contributed by atoms with van der Waals surface area (Å²) in [6, 6.07) is 0.674. The Morgan fingerprint density at radius 3 is 2.59 bits per heavy atom. The Morgan fingerprint density at radius 2 is 2.00 bits per heavy atom. The van der Waals surface area contributed by atoms with Gasteiger partial charge >= 0.3 is 12.1 Å². The predicted octanol–water partition coefficient (Wildman–Crippen LogP) is 1.94. The van der Waals surface area contributed by atoms with Crippen molar-refractivity contribution in [3.8, 4) is 0 Å². The number of anilines is 2. The normalized spacial score (nSPS) is 26.6. The molecule has 10 heteroatoms. The quantitative estimate of drug-likeness (QED) is 0.850. The first-order chi connectivity index (χ1) is 12.5. The molecule has 0 amide bonds. The number of alkyl halides is 3. The number of nitrogens with zero attached hydrogens (tertiary/aromatic N) is 5. The fourth-order valence-electron chi connectivity index (χ4n) is 4.12. The van der Waals surface area contributed by atoms with Crippen molar-refractivity contribution in [1.82, 2.24) is 14.9 Å². The van der Waals surface area contributed by atoms with E-state index in [1.54, 1.807) is 19.0 Å². The highest BCUT2D eigenvalue weighted by atomic mass is 19.4. The van der Waals surface area contributed by atoms with Gasteiger partial charge in [-0.3, -0.25) is 4.79 Å². The Morgan fingerprint density at radius 1 is 1.30 bits per heavy atom. The van der Waals surface area contributed by atoms with Crippen LogP contribution in [-0.4, -0.2) is 72.8 Å². The molecule has 1 aromatic heterocycles. The van der Waals surface area contributed by atoms with E-state index in [0.29, 0.717) is 25.9 Å². The van der Waals surface area contributed by atoms with E-state index < -0.39 is 23.3 Å². The third-order valence-corrected chi connectivity index (χ3v) is 5.67. The molecule has 0 radical (unpaired) electrons. The van der Waals surface area contributed by atoms with Crippen molar-refractivity contribution >= 4 is 17.7 Å². The Labute approximate surface area is 155 Å². The summed E-state index contributed by atoms with van der Waals surface area (Å²) in [5.74, 6) is -0.669. The van der Waals surface area contributed by atoms with E-state index >= 15 is 0 Å². The molecule has 27 heavy (non-hydrogen) atoms. The lowest BCUT2D eigenvalue weighted by Gasteiger charge is -2.52. The van der Waals surface area contributed by atoms with Gasteiger partial charge in [0.2, 0.25) is 5.95 Å². The zero-order valence-electron chi connectivity index (χ0n) is 15.6. The molecule has 1 aromatic rings. The maximum Gasteiger partial charge on any atom is 0.433 e. The highest BCUT2D eigenvalue weighted by molar-refractivity contribution is 5.76. The lowest BCUT2D eigenvalue weighted by Crippen LogP contribution is -2.63. The number of rotatable bonds is 3. The molecule has 2 atom stereocenters. The molecule has 0 saturated carbocycles. The van der Waals surface area contributed by atoms with Gasteiger partial charge in [0.05, 0.1) is 5.41 Å². The number of hydrogen-bond donors (Lipinski definition) is 1. The zero-order valence-corrected chi connectivity index (χ0v) is 15.6. The molecule has 3 heterocycles. The molecule has 0 aromatic carbocycles. The van der Waals surface area contributed by atoms with Crippen LogP contribution in [0.4, 0.5) is 24.9 Å². The minimum absolute atomic E-state index is 0.0214. The molecule has 2 fully saturated rings. The second-order valence-corrected chi connectivity index (χ2v) is 7.56. The number of halogens is 3. The highest BCUT2D eigenvalue weighted by Crippen LogP contribution is 2.43. The molecular formula is C17H24F3N5O2. The molecular weight excluding hydrogens is 363 g/mol. The van der Waals surface area contributed by atoms with Gasteiger partial charge in [0.15, 0.2) is 5.69 Å². The van der Waals surface area contributed by atoms with Gasteiger partial charge in [-0.15, -0.1) is 0 Å². The molecule has 0 spiro atoms. The number of aromatic nitrogens is 2. The van der Waals surface area contributed by atoms with E-state index in [9.17, 15) is 23.1 Å². The first-order valence-corrected chi connectivity index (χ1v) is 8.87. The lowest BCUT2D eigenvalue weighted by molar-refractivity contribution is -0.158. The van der Waals surface area contributed by atoms with Crippen LogP contribution >= 0.6 is 0 Å². The third kappa shape index (κ3) is 3.54. The van der Waals surface area contributed by atoms with Crippen molar-refractivity contribution in [3.63, 3.8) is 0 Å². The SMILES string of the molecule is CN(C)c1nc(N2CC[C@@]3(C(=O)O)CCCN(C)[C@@H]3C2)cc(C(F)(F)F)n1. The second-order valence-electron chi connectivity index (χ2n) is 7.56. The van der Waals surface area contributed by atoms with Crippen LogP contribution in [0.2, 0.25) is 0 Å². The van der Waals surface area contributed by atoms with E-state index in [-0.39, 0.29) is 17.8 Å².